The Balaban J connectivity index is 0.00000220. The number of rotatable bonds is 4. The van der Waals surface area contributed by atoms with Crippen LogP contribution in [0.1, 0.15) is 46.0 Å². The number of carbonyl (C=O) groups is 2. The number of piperidine rings is 1. The summed E-state index contributed by atoms with van der Waals surface area (Å²) in [5.74, 6) is 0.0948. The SMILES string of the molecule is CCCC(C)N1CC(C(=O)N2CCCC(N)C2)CC1=O.Cl. The van der Waals surface area contributed by atoms with Crippen molar-refractivity contribution in [3.05, 3.63) is 0 Å². The predicted octanol–water partition coefficient (Wildman–Crippen LogP) is 1.39. The van der Waals surface area contributed by atoms with Gasteiger partial charge >= 0.3 is 0 Å². The number of halogens is 1. The zero-order valence-corrected chi connectivity index (χ0v) is 13.9. The van der Waals surface area contributed by atoms with Crippen molar-refractivity contribution in [1.82, 2.24) is 9.80 Å². The molecule has 2 N–H and O–H groups in total. The van der Waals surface area contributed by atoms with Crippen molar-refractivity contribution >= 4 is 24.2 Å². The summed E-state index contributed by atoms with van der Waals surface area (Å²) in [6.45, 7) is 6.22. The summed E-state index contributed by atoms with van der Waals surface area (Å²) >= 11 is 0. The lowest BCUT2D eigenvalue weighted by Gasteiger charge is -2.32. The molecule has 2 saturated heterocycles. The molecule has 0 aromatic rings. The summed E-state index contributed by atoms with van der Waals surface area (Å²) in [6, 6.07) is 0.342. The molecule has 2 aliphatic heterocycles. The van der Waals surface area contributed by atoms with E-state index in [-0.39, 0.29) is 42.2 Å². The van der Waals surface area contributed by atoms with Crippen molar-refractivity contribution in [2.45, 2.75) is 58.0 Å². The Morgan fingerprint density at radius 3 is 2.76 bits per heavy atom. The highest BCUT2D eigenvalue weighted by molar-refractivity contribution is 5.89. The molecule has 3 unspecified atom stereocenters. The van der Waals surface area contributed by atoms with Gasteiger partial charge in [-0.05, 0) is 26.2 Å². The van der Waals surface area contributed by atoms with Crippen LogP contribution in [0.25, 0.3) is 0 Å². The third-order valence-electron chi connectivity index (χ3n) is 4.52. The second-order valence-corrected chi connectivity index (χ2v) is 6.27. The molecule has 2 rings (SSSR count). The molecule has 0 saturated carbocycles. The Hall–Kier alpha value is -0.810. The van der Waals surface area contributed by atoms with Gasteiger partial charge in [0.05, 0.1) is 5.92 Å². The van der Waals surface area contributed by atoms with Crippen LogP contribution in [0.3, 0.4) is 0 Å². The van der Waals surface area contributed by atoms with Gasteiger partial charge in [-0.3, -0.25) is 9.59 Å². The van der Waals surface area contributed by atoms with Gasteiger partial charge in [-0.2, -0.15) is 0 Å². The van der Waals surface area contributed by atoms with Crippen LogP contribution in [-0.2, 0) is 9.59 Å². The van der Waals surface area contributed by atoms with Crippen LogP contribution in [0.4, 0.5) is 0 Å². The lowest BCUT2D eigenvalue weighted by molar-refractivity contribution is -0.137. The van der Waals surface area contributed by atoms with E-state index in [9.17, 15) is 9.59 Å². The summed E-state index contributed by atoms with van der Waals surface area (Å²) in [4.78, 5) is 28.3. The van der Waals surface area contributed by atoms with E-state index in [0.29, 0.717) is 19.5 Å². The van der Waals surface area contributed by atoms with Gasteiger partial charge < -0.3 is 15.5 Å². The number of nitrogens with two attached hydrogens (primary N) is 1. The standard InChI is InChI=1S/C15H27N3O2.ClH/c1-3-5-11(2)18-9-12(8-14(18)19)15(20)17-7-4-6-13(16)10-17;/h11-13H,3-10,16H2,1-2H3;1H. The molecule has 5 nitrogen and oxygen atoms in total. The molecule has 0 aliphatic carbocycles. The Morgan fingerprint density at radius 1 is 1.43 bits per heavy atom. The average Bonchev–Trinajstić information content (AvgIpc) is 2.80. The lowest BCUT2D eigenvalue weighted by atomic mass is 10.0. The number of hydrogen-bond acceptors (Lipinski definition) is 3. The van der Waals surface area contributed by atoms with Crippen LogP contribution in [0.2, 0.25) is 0 Å². The van der Waals surface area contributed by atoms with Crippen molar-refractivity contribution in [3.63, 3.8) is 0 Å². The number of amides is 2. The number of likely N-dealkylation sites (tertiary alicyclic amines) is 2. The summed E-state index contributed by atoms with van der Waals surface area (Å²) in [7, 11) is 0. The molecule has 6 heteroatoms. The Kier molecular flexibility index (Phi) is 6.94. The van der Waals surface area contributed by atoms with E-state index in [1.54, 1.807) is 0 Å². The fourth-order valence-corrected chi connectivity index (χ4v) is 3.36. The Bertz CT molecular complexity index is 378. The van der Waals surface area contributed by atoms with Gasteiger partial charge in [0.2, 0.25) is 11.8 Å². The van der Waals surface area contributed by atoms with Gasteiger partial charge in [-0.15, -0.1) is 12.4 Å². The third kappa shape index (κ3) is 4.33. The van der Waals surface area contributed by atoms with Crippen molar-refractivity contribution < 1.29 is 9.59 Å². The molecule has 2 aliphatic rings. The van der Waals surface area contributed by atoms with Gasteiger partial charge in [0.1, 0.15) is 0 Å². The van der Waals surface area contributed by atoms with Gasteiger partial charge in [0.25, 0.3) is 0 Å². The topological polar surface area (TPSA) is 66.6 Å². The molecule has 0 spiro atoms. The first-order valence-corrected chi connectivity index (χ1v) is 7.86. The molecule has 2 fully saturated rings. The molecule has 0 aromatic carbocycles. The maximum atomic E-state index is 12.5. The highest BCUT2D eigenvalue weighted by atomic mass is 35.5. The van der Waals surface area contributed by atoms with Crippen LogP contribution >= 0.6 is 12.4 Å². The van der Waals surface area contributed by atoms with Gasteiger partial charge in [0, 0.05) is 38.1 Å². The van der Waals surface area contributed by atoms with Gasteiger partial charge in [-0.25, -0.2) is 0 Å². The number of hydrogen-bond donors (Lipinski definition) is 1. The van der Waals surface area contributed by atoms with Crippen molar-refractivity contribution in [1.29, 1.82) is 0 Å². The van der Waals surface area contributed by atoms with E-state index in [1.165, 1.54) is 0 Å². The Morgan fingerprint density at radius 2 is 2.14 bits per heavy atom. The van der Waals surface area contributed by atoms with E-state index in [0.717, 1.165) is 32.2 Å². The van der Waals surface area contributed by atoms with Crippen LogP contribution in [0.5, 0.6) is 0 Å². The highest BCUT2D eigenvalue weighted by Crippen LogP contribution is 2.24. The third-order valence-corrected chi connectivity index (χ3v) is 4.52. The van der Waals surface area contributed by atoms with Crippen LogP contribution in [-0.4, -0.2) is 53.3 Å². The average molecular weight is 318 g/mol. The maximum Gasteiger partial charge on any atom is 0.228 e. The van der Waals surface area contributed by atoms with Crippen LogP contribution in [0, 0.1) is 5.92 Å². The number of nitrogens with zero attached hydrogens (tertiary/aromatic N) is 2. The molecule has 3 atom stereocenters. The quantitative estimate of drug-likeness (QED) is 0.852. The zero-order valence-electron chi connectivity index (χ0n) is 13.1. The first-order valence-electron chi connectivity index (χ1n) is 7.86. The largest absolute Gasteiger partial charge is 0.341 e. The van der Waals surface area contributed by atoms with E-state index in [2.05, 4.69) is 13.8 Å². The molecule has 0 aromatic heterocycles. The molecule has 2 amide bonds. The molecular weight excluding hydrogens is 290 g/mol. The summed E-state index contributed by atoms with van der Waals surface area (Å²) in [5.41, 5.74) is 5.93. The van der Waals surface area contributed by atoms with Crippen molar-refractivity contribution in [3.8, 4) is 0 Å². The highest BCUT2D eigenvalue weighted by Gasteiger charge is 2.38. The minimum absolute atomic E-state index is 0. The summed E-state index contributed by atoms with van der Waals surface area (Å²) < 4.78 is 0. The minimum atomic E-state index is -0.160. The molecular formula is C15H28ClN3O2. The second-order valence-electron chi connectivity index (χ2n) is 6.27. The monoisotopic (exact) mass is 317 g/mol. The minimum Gasteiger partial charge on any atom is -0.341 e. The van der Waals surface area contributed by atoms with Crippen LogP contribution in [0.15, 0.2) is 0 Å². The Labute approximate surface area is 133 Å². The van der Waals surface area contributed by atoms with Crippen molar-refractivity contribution in [2.24, 2.45) is 11.7 Å². The molecule has 0 bridgehead atoms. The van der Waals surface area contributed by atoms with Gasteiger partial charge in [0.15, 0.2) is 0 Å². The normalized spacial score (nSPS) is 27.5. The van der Waals surface area contributed by atoms with Crippen molar-refractivity contribution in [2.75, 3.05) is 19.6 Å². The molecule has 2 heterocycles. The summed E-state index contributed by atoms with van der Waals surface area (Å²) in [6.07, 6.45) is 4.40. The predicted molar refractivity (Wildman–Crippen MR) is 85.2 cm³/mol. The van der Waals surface area contributed by atoms with E-state index in [4.69, 9.17) is 5.73 Å². The van der Waals surface area contributed by atoms with E-state index >= 15 is 0 Å². The first-order chi connectivity index (χ1) is 9.52. The van der Waals surface area contributed by atoms with Crippen LogP contribution < -0.4 is 5.73 Å². The first kappa shape index (κ1) is 18.2. The number of carbonyl (C=O) groups excluding carboxylic acids is 2. The van der Waals surface area contributed by atoms with Gasteiger partial charge in [-0.1, -0.05) is 13.3 Å². The summed E-state index contributed by atoms with van der Waals surface area (Å²) in [5, 5.41) is 0. The fraction of sp³-hybridized carbons (Fsp3) is 0.867. The molecule has 0 radical (unpaired) electrons. The zero-order chi connectivity index (χ0) is 14.7. The molecule has 21 heavy (non-hydrogen) atoms. The second kappa shape index (κ2) is 7.99. The van der Waals surface area contributed by atoms with E-state index < -0.39 is 0 Å². The molecule has 122 valence electrons. The fourth-order valence-electron chi connectivity index (χ4n) is 3.36. The smallest absolute Gasteiger partial charge is 0.228 e. The van der Waals surface area contributed by atoms with E-state index in [1.807, 2.05) is 9.80 Å². The maximum absolute atomic E-state index is 12.5. The lowest BCUT2D eigenvalue weighted by Crippen LogP contribution is -2.48.